The number of hydrogen-bond donors (Lipinski definition) is 2. The van der Waals surface area contributed by atoms with E-state index in [0.717, 1.165) is 19.2 Å². The fourth-order valence-corrected chi connectivity index (χ4v) is 4.68. The molecule has 0 bridgehead atoms. The minimum Gasteiger partial charge on any atom is -0.467 e. The molecule has 0 saturated carbocycles. The van der Waals surface area contributed by atoms with E-state index in [-0.39, 0.29) is 18.5 Å². The summed E-state index contributed by atoms with van der Waals surface area (Å²) in [6, 6.07) is 14.0. The molecule has 11 heteroatoms. The van der Waals surface area contributed by atoms with Gasteiger partial charge in [0.05, 0.1) is 24.3 Å². The number of nitriles is 1. The first-order chi connectivity index (χ1) is 19.7. The molecule has 0 spiro atoms. The van der Waals surface area contributed by atoms with Crippen molar-refractivity contribution in [2.24, 2.45) is 0 Å². The number of esters is 1. The second-order valence-corrected chi connectivity index (χ2v) is 9.31. The first-order valence-electron chi connectivity index (χ1n) is 12.4. The van der Waals surface area contributed by atoms with Gasteiger partial charge in [-0.2, -0.15) is 5.26 Å². The molecule has 2 N–H and O–H groups in total. The minimum absolute atomic E-state index is 0.0950. The lowest BCUT2D eigenvalue weighted by atomic mass is 9.94. The van der Waals surface area contributed by atoms with Crippen LogP contribution in [0.4, 0.5) is 8.78 Å². The normalized spacial score (nSPS) is 11.4. The van der Waals surface area contributed by atoms with Crippen molar-refractivity contribution >= 4 is 40.3 Å². The Bertz CT molecular complexity index is 1700. The number of hydrogen-bond acceptors (Lipinski definition) is 6. The molecule has 8 nitrogen and oxygen atoms in total. The van der Waals surface area contributed by atoms with E-state index in [1.165, 1.54) is 0 Å². The van der Waals surface area contributed by atoms with Crippen LogP contribution in [-0.4, -0.2) is 42.5 Å². The molecule has 0 unspecified atom stereocenters. The molecule has 0 saturated heterocycles. The predicted octanol–water partition coefficient (Wildman–Crippen LogP) is 4.97. The molecule has 2 amide bonds. The number of amides is 2. The van der Waals surface area contributed by atoms with E-state index in [2.05, 4.69) is 15.6 Å². The zero-order valence-corrected chi connectivity index (χ0v) is 22.7. The van der Waals surface area contributed by atoms with Crippen LogP contribution < -0.4 is 10.6 Å². The van der Waals surface area contributed by atoms with Gasteiger partial charge < -0.3 is 15.4 Å². The van der Waals surface area contributed by atoms with Crippen LogP contribution in [0.2, 0.25) is 5.02 Å². The van der Waals surface area contributed by atoms with Crippen LogP contribution in [-0.2, 0) is 16.0 Å². The molecule has 41 heavy (non-hydrogen) atoms. The number of fused-ring (bicyclic) bond motifs is 1. The number of pyridine rings is 1. The molecular weight excluding hydrogens is 554 g/mol. The largest absolute Gasteiger partial charge is 0.467 e. The third-order valence-corrected chi connectivity index (χ3v) is 6.64. The molecular formula is C30H23ClF2N4O4. The van der Waals surface area contributed by atoms with Gasteiger partial charge in [0.25, 0.3) is 11.8 Å². The number of aromatic nitrogens is 1. The summed E-state index contributed by atoms with van der Waals surface area (Å²) < 4.78 is 34.4. The zero-order chi connectivity index (χ0) is 29.7. The SMILES string of the molecule is CCNC(=O)c1cc(F)c(C(=O)N[C@@H](Cc2ccc(-c3ccc(C#N)cc3Cl)c3ncccc23)C(=O)OC)c(F)c1. The molecule has 4 rings (SSSR count). The van der Waals surface area contributed by atoms with Gasteiger partial charge in [0, 0.05) is 46.3 Å². The summed E-state index contributed by atoms with van der Waals surface area (Å²) in [5.41, 5.74) is 1.62. The molecule has 3 aromatic carbocycles. The van der Waals surface area contributed by atoms with Gasteiger partial charge in [0.1, 0.15) is 23.2 Å². The molecule has 0 aliphatic rings. The topological polar surface area (TPSA) is 121 Å². The summed E-state index contributed by atoms with van der Waals surface area (Å²) in [6.07, 6.45) is 1.49. The maximum Gasteiger partial charge on any atom is 0.328 e. The molecule has 0 aliphatic heterocycles. The van der Waals surface area contributed by atoms with Crippen molar-refractivity contribution in [3.63, 3.8) is 0 Å². The van der Waals surface area contributed by atoms with Crippen LogP contribution in [0.1, 0.15) is 38.8 Å². The van der Waals surface area contributed by atoms with E-state index >= 15 is 0 Å². The van der Waals surface area contributed by atoms with Crippen molar-refractivity contribution in [1.29, 1.82) is 5.26 Å². The Balaban J connectivity index is 1.68. The Labute approximate surface area is 238 Å². The van der Waals surface area contributed by atoms with Crippen molar-refractivity contribution in [2.75, 3.05) is 13.7 Å². The average Bonchev–Trinajstić information content (AvgIpc) is 2.96. The maximum atomic E-state index is 14.8. The Kier molecular flexibility index (Phi) is 8.90. The lowest BCUT2D eigenvalue weighted by molar-refractivity contribution is -0.142. The number of carbonyl (C=O) groups is 3. The summed E-state index contributed by atoms with van der Waals surface area (Å²) >= 11 is 6.44. The van der Waals surface area contributed by atoms with Crippen LogP contribution in [0.15, 0.2) is 60.8 Å². The Hall–Kier alpha value is -4.88. The number of carbonyl (C=O) groups excluding carboxylic acids is 3. The fraction of sp³-hybridized carbons (Fsp3) is 0.167. The minimum atomic E-state index is -1.32. The third-order valence-electron chi connectivity index (χ3n) is 6.33. The van der Waals surface area contributed by atoms with Gasteiger partial charge in [-0.3, -0.25) is 14.6 Å². The van der Waals surface area contributed by atoms with Gasteiger partial charge in [-0.05, 0) is 42.8 Å². The monoisotopic (exact) mass is 576 g/mol. The van der Waals surface area contributed by atoms with Crippen molar-refractivity contribution in [2.45, 2.75) is 19.4 Å². The summed E-state index contributed by atoms with van der Waals surface area (Å²) in [5, 5.41) is 14.9. The summed E-state index contributed by atoms with van der Waals surface area (Å²) in [4.78, 5) is 42.1. The molecule has 1 heterocycles. The van der Waals surface area contributed by atoms with E-state index in [1.807, 2.05) is 6.07 Å². The number of halogens is 3. The van der Waals surface area contributed by atoms with Crippen LogP contribution in [0.3, 0.4) is 0 Å². The highest BCUT2D eigenvalue weighted by molar-refractivity contribution is 6.33. The molecule has 0 aliphatic carbocycles. The molecule has 0 radical (unpaired) electrons. The first kappa shape index (κ1) is 29.1. The highest BCUT2D eigenvalue weighted by Crippen LogP contribution is 2.35. The van der Waals surface area contributed by atoms with E-state index in [1.54, 1.807) is 55.6 Å². The number of ether oxygens (including phenoxy) is 1. The van der Waals surface area contributed by atoms with Crippen LogP contribution in [0.5, 0.6) is 0 Å². The lowest BCUT2D eigenvalue weighted by Crippen LogP contribution is -2.43. The van der Waals surface area contributed by atoms with E-state index in [4.69, 9.17) is 21.6 Å². The number of benzene rings is 3. The van der Waals surface area contributed by atoms with Crippen molar-refractivity contribution < 1.29 is 27.9 Å². The number of methoxy groups -OCH3 is 1. The van der Waals surface area contributed by atoms with Crippen LogP contribution in [0, 0.1) is 23.0 Å². The van der Waals surface area contributed by atoms with Gasteiger partial charge in [0.2, 0.25) is 0 Å². The summed E-state index contributed by atoms with van der Waals surface area (Å²) in [5.74, 6) is -5.25. The Morgan fingerprint density at radius 3 is 2.39 bits per heavy atom. The van der Waals surface area contributed by atoms with Gasteiger partial charge >= 0.3 is 5.97 Å². The van der Waals surface area contributed by atoms with Crippen molar-refractivity contribution in [1.82, 2.24) is 15.6 Å². The van der Waals surface area contributed by atoms with Crippen molar-refractivity contribution in [3.05, 3.63) is 99.7 Å². The molecule has 1 atom stereocenters. The molecule has 1 aromatic heterocycles. The summed E-state index contributed by atoms with van der Waals surface area (Å²) in [7, 11) is 1.12. The Morgan fingerprint density at radius 1 is 1.05 bits per heavy atom. The summed E-state index contributed by atoms with van der Waals surface area (Å²) in [6.45, 7) is 1.89. The maximum absolute atomic E-state index is 14.8. The second-order valence-electron chi connectivity index (χ2n) is 8.91. The van der Waals surface area contributed by atoms with E-state index in [0.29, 0.717) is 38.2 Å². The number of rotatable bonds is 8. The predicted molar refractivity (Wildman–Crippen MR) is 148 cm³/mol. The highest BCUT2D eigenvalue weighted by Gasteiger charge is 2.28. The second kappa shape index (κ2) is 12.5. The third kappa shape index (κ3) is 6.15. The van der Waals surface area contributed by atoms with E-state index < -0.39 is 41.0 Å². The van der Waals surface area contributed by atoms with E-state index in [9.17, 15) is 23.2 Å². The highest BCUT2D eigenvalue weighted by atomic mass is 35.5. The average molecular weight is 577 g/mol. The Morgan fingerprint density at radius 2 is 1.76 bits per heavy atom. The molecule has 208 valence electrons. The van der Waals surface area contributed by atoms with Gasteiger partial charge in [0.15, 0.2) is 0 Å². The smallest absolute Gasteiger partial charge is 0.328 e. The number of nitrogens with zero attached hydrogens (tertiary/aromatic N) is 2. The van der Waals surface area contributed by atoms with Crippen molar-refractivity contribution in [3.8, 4) is 17.2 Å². The first-order valence-corrected chi connectivity index (χ1v) is 12.8. The molecule has 4 aromatic rings. The molecule has 0 fully saturated rings. The van der Waals surface area contributed by atoms with Gasteiger partial charge in [-0.15, -0.1) is 0 Å². The zero-order valence-electron chi connectivity index (χ0n) is 21.9. The number of nitrogens with one attached hydrogen (secondary N) is 2. The van der Waals surface area contributed by atoms with Crippen LogP contribution in [0.25, 0.3) is 22.0 Å². The fourth-order valence-electron chi connectivity index (χ4n) is 4.40. The van der Waals surface area contributed by atoms with Crippen LogP contribution >= 0.6 is 11.6 Å². The van der Waals surface area contributed by atoms with Gasteiger partial charge in [-0.1, -0.05) is 35.9 Å². The standard InChI is InChI=1S/C30H23ClF2N4O4/c1-3-35-28(38)18-12-23(32)26(24(33)13-18)29(39)37-25(30(40)41-2)14-17-7-9-21(27-19(17)5-4-10-36-27)20-8-6-16(15-34)11-22(20)31/h4-13,25H,3,14H2,1-2H3,(H,35,38)(H,37,39)/t25-/m0/s1. The van der Waals surface area contributed by atoms with Gasteiger partial charge in [-0.25, -0.2) is 13.6 Å². The quantitative estimate of drug-likeness (QED) is 0.286. The lowest BCUT2D eigenvalue weighted by Gasteiger charge is -2.19.